The second-order valence-electron chi connectivity index (χ2n) is 5.72. The van der Waals surface area contributed by atoms with Crippen LogP contribution in [0.25, 0.3) is 0 Å². The number of nitrogens with one attached hydrogen (secondary N) is 2. The first-order valence-electron chi connectivity index (χ1n) is 6.83. The zero-order chi connectivity index (χ0) is 15.5. The number of hydrogen-bond donors (Lipinski definition) is 3. The quantitative estimate of drug-likeness (QED) is 0.587. The van der Waals surface area contributed by atoms with Crippen molar-refractivity contribution in [2.75, 3.05) is 12.0 Å². The number of thiophene rings is 1. The van der Waals surface area contributed by atoms with Gasteiger partial charge in [0.15, 0.2) is 0 Å². The molecule has 1 aromatic heterocycles. The van der Waals surface area contributed by atoms with E-state index in [0.717, 1.165) is 11.3 Å². The van der Waals surface area contributed by atoms with E-state index >= 15 is 0 Å². The van der Waals surface area contributed by atoms with E-state index < -0.39 is 0 Å². The number of hydrazine groups is 1. The molecule has 0 aliphatic rings. The maximum atomic E-state index is 12.3. The predicted octanol–water partition coefficient (Wildman–Crippen LogP) is 3.05. The largest absolute Gasteiger partial charge is 0.351 e. The van der Waals surface area contributed by atoms with E-state index in [1.165, 1.54) is 4.88 Å². The van der Waals surface area contributed by atoms with Crippen LogP contribution in [0.4, 0.5) is 5.69 Å². The van der Waals surface area contributed by atoms with Crippen LogP contribution in [0.2, 0.25) is 0 Å². The molecule has 1 amide bonds. The third-order valence-corrected chi connectivity index (χ3v) is 4.76. The van der Waals surface area contributed by atoms with Crippen LogP contribution < -0.4 is 16.6 Å². The summed E-state index contributed by atoms with van der Waals surface area (Å²) in [6.45, 7) is 6.78. The zero-order valence-corrected chi connectivity index (χ0v) is 13.4. The van der Waals surface area contributed by atoms with Crippen molar-refractivity contribution in [3.05, 3.63) is 51.7 Å². The van der Waals surface area contributed by atoms with Gasteiger partial charge < -0.3 is 10.7 Å². The zero-order valence-electron chi connectivity index (χ0n) is 12.6. The average Bonchev–Trinajstić information content (AvgIpc) is 2.99. The molecule has 4 N–H and O–H groups in total. The first-order chi connectivity index (χ1) is 9.94. The SMILES string of the molecule is Cc1cc(C(=O)NCC(C)(C)c2cccs2)ccc1NN. The molecule has 2 aromatic rings. The molecular formula is C16H21N3OS. The lowest BCUT2D eigenvalue weighted by Crippen LogP contribution is -2.36. The summed E-state index contributed by atoms with van der Waals surface area (Å²) in [7, 11) is 0. The minimum Gasteiger partial charge on any atom is -0.351 e. The molecule has 0 spiro atoms. The van der Waals surface area contributed by atoms with Crippen LogP contribution in [0.1, 0.15) is 34.6 Å². The van der Waals surface area contributed by atoms with Gasteiger partial charge in [0.2, 0.25) is 0 Å². The molecule has 112 valence electrons. The van der Waals surface area contributed by atoms with Crippen molar-refractivity contribution in [3.63, 3.8) is 0 Å². The second kappa shape index (κ2) is 6.28. The van der Waals surface area contributed by atoms with Crippen molar-refractivity contribution in [2.24, 2.45) is 5.84 Å². The molecular weight excluding hydrogens is 282 g/mol. The Morgan fingerprint density at radius 2 is 2.10 bits per heavy atom. The van der Waals surface area contributed by atoms with Crippen LogP contribution in [-0.4, -0.2) is 12.5 Å². The average molecular weight is 303 g/mol. The van der Waals surface area contributed by atoms with E-state index in [1.54, 1.807) is 17.4 Å². The van der Waals surface area contributed by atoms with Crippen LogP contribution in [-0.2, 0) is 5.41 Å². The van der Waals surface area contributed by atoms with Gasteiger partial charge in [0, 0.05) is 22.4 Å². The van der Waals surface area contributed by atoms with Gasteiger partial charge in [-0.3, -0.25) is 10.6 Å². The van der Waals surface area contributed by atoms with E-state index in [0.29, 0.717) is 12.1 Å². The van der Waals surface area contributed by atoms with E-state index in [-0.39, 0.29) is 11.3 Å². The molecule has 2 rings (SSSR count). The summed E-state index contributed by atoms with van der Waals surface area (Å²) >= 11 is 1.71. The predicted molar refractivity (Wildman–Crippen MR) is 88.7 cm³/mol. The number of benzene rings is 1. The molecule has 0 fully saturated rings. The number of carbonyl (C=O) groups excluding carboxylic acids is 1. The van der Waals surface area contributed by atoms with E-state index in [2.05, 4.69) is 36.0 Å². The molecule has 0 aliphatic heterocycles. The van der Waals surface area contributed by atoms with Gasteiger partial charge in [0.1, 0.15) is 0 Å². The highest BCUT2D eigenvalue weighted by molar-refractivity contribution is 7.10. The number of rotatable bonds is 5. The Labute approximate surface area is 129 Å². The number of hydrogen-bond acceptors (Lipinski definition) is 4. The van der Waals surface area contributed by atoms with E-state index in [1.807, 2.05) is 25.1 Å². The Hall–Kier alpha value is -1.85. The Morgan fingerprint density at radius 1 is 1.33 bits per heavy atom. The molecule has 5 heteroatoms. The lowest BCUT2D eigenvalue weighted by atomic mass is 9.91. The molecule has 0 atom stereocenters. The summed E-state index contributed by atoms with van der Waals surface area (Å²) in [5, 5.41) is 5.06. The summed E-state index contributed by atoms with van der Waals surface area (Å²) in [6, 6.07) is 9.56. The normalized spacial score (nSPS) is 11.2. The maximum Gasteiger partial charge on any atom is 0.251 e. The highest BCUT2D eigenvalue weighted by atomic mass is 32.1. The summed E-state index contributed by atoms with van der Waals surface area (Å²) < 4.78 is 0. The van der Waals surface area contributed by atoms with Crippen LogP contribution in [0, 0.1) is 6.92 Å². The fourth-order valence-corrected chi connectivity index (χ4v) is 2.97. The summed E-state index contributed by atoms with van der Waals surface area (Å²) in [5.41, 5.74) is 4.95. The number of amides is 1. The van der Waals surface area contributed by atoms with Crippen LogP contribution >= 0.6 is 11.3 Å². The van der Waals surface area contributed by atoms with Crippen molar-refractivity contribution in [2.45, 2.75) is 26.2 Å². The lowest BCUT2D eigenvalue weighted by Gasteiger charge is -2.23. The number of carbonyl (C=O) groups is 1. The molecule has 0 saturated heterocycles. The minimum atomic E-state index is -0.0718. The molecule has 0 radical (unpaired) electrons. The molecule has 21 heavy (non-hydrogen) atoms. The van der Waals surface area contributed by atoms with Gasteiger partial charge in [0.05, 0.1) is 5.69 Å². The van der Waals surface area contributed by atoms with Crippen molar-refractivity contribution < 1.29 is 4.79 Å². The number of anilines is 1. The van der Waals surface area contributed by atoms with Gasteiger partial charge in [-0.2, -0.15) is 0 Å². The highest BCUT2D eigenvalue weighted by Crippen LogP contribution is 2.26. The topological polar surface area (TPSA) is 67.2 Å². The van der Waals surface area contributed by atoms with Crippen molar-refractivity contribution in [1.29, 1.82) is 0 Å². The van der Waals surface area contributed by atoms with Crippen LogP contribution in [0.5, 0.6) is 0 Å². The van der Waals surface area contributed by atoms with E-state index in [9.17, 15) is 4.79 Å². The smallest absolute Gasteiger partial charge is 0.251 e. The first kappa shape index (κ1) is 15.5. The monoisotopic (exact) mass is 303 g/mol. The fourth-order valence-electron chi connectivity index (χ4n) is 2.12. The molecule has 4 nitrogen and oxygen atoms in total. The lowest BCUT2D eigenvalue weighted by molar-refractivity contribution is 0.0946. The Morgan fingerprint density at radius 3 is 2.67 bits per heavy atom. The molecule has 1 aromatic carbocycles. The molecule has 0 saturated carbocycles. The third kappa shape index (κ3) is 3.62. The first-order valence-corrected chi connectivity index (χ1v) is 7.71. The highest BCUT2D eigenvalue weighted by Gasteiger charge is 2.22. The van der Waals surface area contributed by atoms with Crippen molar-refractivity contribution in [3.8, 4) is 0 Å². The Balaban J connectivity index is 2.03. The van der Waals surface area contributed by atoms with Gasteiger partial charge in [-0.25, -0.2) is 0 Å². The maximum absolute atomic E-state index is 12.3. The second-order valence-corrected chi connectivity index (χ2v) is 6.67. The van der Waals surface area contributed by atoms with Crippen molar-refractivity contribution >= 4 is 22.9 Å². The number of nitrogen functional groups attached to an aromatic ring is 1. The summed E-state index contributed by atoms with van der Waals surface area (Å²) in [4.78, 5) is 13.5. The molecule has 1 heterocycles. The minimum absolute atomic E-state index is 0.0636. The van der Waals surface area contributed by atoms with Gasteiger partial charge in [-0.1, -0.05) is 19.9 Å². The summed E-state index contributed by atoms with van der Waals surface area (Å²) in [6.07, 6.45) is 0. The van der Waals surface area contributed by atoms with E-state index in [4.69, 9.17) is 5.84 Å². The fraction of sp³-hybridized carbons (Fsp3) is 0.312. The van der Waals surface area contributed by atoms with Crippen LogP contribution in [0.15, 0.2) is 35.7 Å². The van der Waals surface area contributed by atoms with Gasteiger partial charge in [0.25, 0.3) is 5.91 Å². The Bertz CT molecular complexity index is 620. The molecule has 0 aliphatic carbocycles. The molecule has 0 bridgehead atoms. The summed E-state index contributed by atoms with van der Waals surface area (Å²) in [5.74, 6) is 5.33. The van der Waals surface area contributed by atoms with Gasteiger partial charge >= 0.3 is 0 Å². The van der Waals surface area contributed by atoms with Crippen molar-refractivity contribution in [1.82, 2.24) is 5.32 Å². The number of aryl methyl sites for hydroxylation is 1. The number of nitrogens with two attached hydrogens (primary N) is 1. The third-order valence-electron chi connectivity index (χ3n) is 3.52. The van der Waals surface area contributed by atoms with Crippen LogP contribution in [0.3, 0.4) is 0 Å². The molecule has 0 unspecified atom stereocenters. The van der Waals surface area contributed by atoms with Gasteiger partial charge in [-0.15, -0.1) is 11.3 Å². The standard InChI is InChI=1S/C16H21N3OS/c1-11-9-12(6-7-13(11)19-17)15(20)18-10-16(2,3)14-5-4-8-21-14/h4-9,19H,10,17H2,1-3H3,(H,18,20). The van der Waals surface area contributed by atoms with Gasteiger partial charge in [-0.05, 0) is 42.1 Å². The Kier molecular flexibility index (Phi) is 4.65.